The van der Waals surface area contributed by atoms with E-state index >= 15 is 0 Å². The van der Waals surface area contributed by atoms with Crippen LogP contribution in [-0.2, 0) is 22.3 Å². The van der Waals surface area contributed by atoms with Gasteiger partial charge in [-0.25, -0.2) is 4.79 Å². The topological polar surface area (TPSA) is 98.7 Å². The van der Waals surface area contributed by atoms with Crippen LogP contribution >= 0.6 is 0 Å². The summed E-state index contributed by atoms with van der Waals surface area (Å²) in [5, 5.41) is 14.3. The van der Waals surface area contributed by atoms with E-state index in [1.54, 1.807) is 7.05 Å². The Morgan fingerprint density at radius 1 is 1.00 bits per heavy atom. The molecule has 0 saturated carbocycles. The van der Waals surface area contributed by atoms with Crippen LogP contribution in [0.4, 0.5) is 18.0 Å². The van der Waals surface area contributed by atoms with Crippen molar-refractivity contribution in [2.24, 2.45) is 0 Å². The summed E-state index contributed by atoms with van der Waals surface area (Å²) < 4.78 is 38.6. The molecule has 2 rings (SSSR count). The van der Waals surface area contributed by atoms with E-state index in [9.17, 15) is 32.7 Å². The van der Waals surface area contributed by atoms with Gasteiger partial charge in [0.15, 0.2) is 0 Å². The molecule has 0 heterocycles. The first-order chi connectivity index (χ1) is 16.5. The Morgan fingerprint density at radius 2 is 1.63 bits per heavy atom. The maximum atomic E-state index is 13.0. The van der Waals surface area contributed by atoms with Gasteiger partial charge in [0.25, 0.3) is 0 Å². The van der Waals surface area contributed by atoms with Gasteiger partial charge < -0.3 is 20.6 Å². The number of urea groups is 1. The molecule has 0 saturated heterocycles. The van der Waals surface area contributed by atoms with Crippen LogP contribution in [0.2, 0.25) is 0 Å². The smallest absolute Gasteiger partial charge is 0.416 e. The Kier molecular flexibility index (Phi) is 10.1. The third kappa shape index (κ3) is 8.95. The van der Waals surface area contributed by atoms with Gasteiger partial charge in [0, 0.05) is 13.6 Å². The Labute approximate surface area is 202 Å². The number of nitrogens with zero attached hydrogens (tertiary/aromatic N) is 1. The zero-order valence-electron chi connectivity index (χ0n) is 19.6. The van der Waals surface area contributed by atoms with E-state index < -0.39 is 42.2 Å². The fraction of sp³-hybridized carbons (Fsp3) is 0.400. The van der Waals surface area contributed by atoms with Gasteiger partial charge in [-0.15, -0.1) is 0 Å². The van der Waals surface area contributed by atoms with Gasteiger partial charge in [-0.1, -0.05) is 62.2 Å². The van der Waals surface area contributed by atoms with E-state index in [1.807, 2.05) is 37.3 Å². The zero-order valence-corrected chi connectivity index (χ0v) is 19.6. The van der Waals surface area contributed by atoms with Crippen molar-refractivity contribution >= 4 is 17.9 Å². The summed E-state index contributed by atoms with van der Waals surface area (Å²) in [6.45, 7) is 2.29. The maximum absolute atomic E-state index is 13.0. The molecule has 0 spiro atoms. The Balaban J connectivity index is 2.12. The minimum atomic E-state index is -4.54. The number of hydrogen-bond acceptors (Lipinski definition) is 3. The summed E-state index contributed by atoms with van der Waals surface area (Å²) in [4.78, 5) is 38.6. The summed E-state index contributed by atoms with van der Waals surface area (Å²) >= 11 is 0. The van der Waals surface area contributed by atoms with Gasteiger partial charge in [-0.2, -0.15) is 13.2 Å². The molecule has 2 aromatic carbocycles. The highest BCUT2D eigenvalue weighted by molar-refractivity contribution is 5.87. The molecule has 3 amide bonds. The molecule has 0 aromatic heterocycles. The summed E-state index contributed by atoms with van der Waals surface area (Å²) in [5.74, 6) is -1.54. The second-order valence-corrected chi connectivity index (χ2v) is 8.26. The third-order valence-corrected chi connectivity index (χ3v) is 5.41. The number of carboxylic acid groups (broad SMARTS) is 1. The minimum Gasteiger partial charge on any atom is -0.481 e. The molecular weight excluding hydrogens is 463 g/mol. The molecule has 0 aliphatic carbocycles. The SMILES string of the molecule is CCCC[C@H](NC(=O)N[C@@H](CC(=O)O)c1ccc(C(F)(F)F)cc1)C(=O)N(C)Cc1ccccc1. The van der Waals surface area contributed by atoms with Crippen molar-refractivity contribution in [2.75, 3.05) is 7.05 Å². The molecule has 0 unspecified atom stereocenters. The summed E-state index contributed by atoms with van der Waals surface area (Å²) in [6, 6.07) is 10.6. The van der Waals surface area contributed by atoms with E-state index in [0.717, 1.165) is 36.2 Å². The largest absolute Gasteiger partial charge is 0.481 e. The maximum Gasteiger partial charge on any atom is 0.416 e. The quantitative estimate of drug-likeness (QED) is 0.421. The van der Waals surface area contributed by atoms with Crippen LogP contribution < -0.4 is 10.6 Å². The first kappa shape index (κ1) is 27.7. The lowest BCUT2D eigenvalue weighted by molar-refractivity contribution is -0.138. The van der Waals surface area contributed by atoms with Crippen molar-refractivity contribution in [1.29, 1.82) is 0 Å². The number of rotatable bonds is 11. The summed E-state index contributed by atoms with van der Waals surface area (Å²) in [7, 11) is 1.63. The van der Waals surface area contributed by atoms with Crippen LogP contribution in [0, 0.1) is 0 Å². The van der Waals surface area contributed by atoms with Crippen LogP contribution in [0.25, 0.3) is 0 Å². The highest BCUT2D eigenvalue weighted by Crippen LogP contribution is 2.30. The summed E-state index contributed by atoms with van der Waals surface area (Å²) in [6.07, 6.45) is -3.23. The van der Waals surface area contributed by atoms with Gasteiger partial charge >= 0.3 is 18.2 Å². The number of likely N-dealkylation sites (N-methyl/N-ethyl adjacent to an activating group) is 1. The van der Waals surface area contributed by atoms with Gasteiger partial charge in [0.1, 0.15) is 6.04 Å². The molecule has 0 aliphatic heterocycles. The van der Waals surface area contributed by atoms with Gasteiger partial charge in [0.05, 0.1) is 18.0 Å². The molecule has 0 fully saturated rings. The van der Waals surface area contributed by atoms with Crippen LogP contribution in [0.5, 0.6) is 0 Å². The fourth-order valence-corrected chi connectivity index (χ4v) is 3.56. The van der Waals surface area contributed by atoms with Crippen molar-refractivity contribution in [1.82, 2.24) is 15.5 Å². The number of nitrogens with one attached hydrogen (secondary N) is 2. The number of hydrogen-bond donors (Lipinski definition) is 3. The first-order valence-electron chi connectivity index (χ1n) is 11.3. The van der Waals surface area contributed by atoms with Crippen molar-refractivity contribution in [2.45, 2.75) is 57.4 Å². The molecule has 35 heavy (non-hydrogen) atoms. The number of aliphatic carboxylic acids is 1. The molecular formula is C25H30F3N3O4. The van der Waals surface area contributed by atoms with Crippen molar-refractivity contribution in [3.05, 3.63) is 71.3 Å². The Bertz CT molecular complexity index is 982. The van der Waals surface area contributed by atoms with E-state index in [2.05, 4.69) is 10.6 Å². The highest BCUT2D eigenvalue weighted by atomic mass is 19.4. The number of carbonyl (C=O) groups excluding carboxylic acids is 2. The van der Waals surface area contributed by atoms with E-state index in [1.165, 1.54) is 4.90 Å². The second-order valence-electron chi connectivity index (χ2n) is 8.26. The molecule has 2 atom stereocenters. The van der Waals surface area contributed by atoms with Crippen LogP contribution in [0.3, 0.4) is 0 Å². The molecule has 0 aliphatic rings. The van der Waals surface area contributed by atoms with Crippen LogP contribution in [0.15, 0.2) is 54.6 Å². The molecule has 0 bridgehead atoms. The number of benzene rings is 2. The number of amides is 3. The molecule has 0 radical (unpaired) electrons. The minimum absolute atomic E-state index is 0.202. The van der Waals surface area contributed by atoms with Crippen molar-refractivity contribution < 1.29 is 32.7 Å². The van der Waals surface area contributed by atoms with Crippen molar-refractivity contribution in [3.63, 3.8) is 0 Å². The van der Waals surface area contributed by atoms with E-state index in [-0.39, 0.29) is 11.5 Å². The zero-order chi connectivity index (χ0) is 26.0. The van der Waals surface area contributed by atoms with E-state index in [0.29, 0.717) is 19.4 Å². The van der Waals surface area contributed by atoms with Crippen LogP contribution in [-0.4, -0.2) is 41.0 Å². The predicted molar refractivity (Wildman–Crippen MR) is 124 cm³/mol. The lowest BCUT2D eigenvalue weighted by atomic mass is 10.0. The Hall–Kier alpha value is -3.56. The monoisotopic (exact) mass is 493 g/mol. The standard InChI is InChI=1S/C25H30F3N3O4/c1-3-4-10-20(23(34)31(2)16-17-8-6-5-7-9-17)29-24(35)30-21(15-22(32)33)18-11-13-19(14-12-18)25(26,27)28/h5-9,11-14,20-21H,3-4,10,15-16H2,1-2H3,(H,32,33)(H2,29,30,35)/t20-,21-/m0/s1. The lowest BCUT2D eigenvalue weighted by Gasteiger charge is -2.26. The van der Waals surface area contributed by atoms with Crippen molar-refractivity contribution in [3.8, 4) is 0 Å². The average Bonchev–Trinajstić information content (AvgIpc) is 2.80. The molecule has 7 nitrogen and oxygen atoms in total. The molecule has 10 heteroatoms. The number of unbranched alkanes of at least 4 members (excludes halogenated alkanes) is 1. The van der Waals surface area contributed by atoms with Crippen LogP contribution in [0.1, 0.15) is 55.3 Å². The molecule has 190 valence electrons. The fourth-order valence-electron chi connectivity index (χ4n) is 3.56. The molecule has 2 aromatic rings. The van der Waals surface area contributed by atoms with Gasteiger partial charge in [-0.05, 0) is 29.7 Å². The number of halogens is 3. The number of alkyl halides is 3. The summed E-state index contributed by atoms with van der Waals surface area (Å²) in [5.41, 5.74) is 0.241. The van der Waals surface area contributed by atoms with E-state index in [4.69, 9.17) is 0 Å². The number of carboxylic acids is 1. The predicted octanol–water partition coefficient (Wildman–Crippen LogP) is 4.74. The van der Waals surface area contributed by atoms with Gasteiger partial charge in [0.2, 0.25) is 5.91 Å². The number of carbonyl (C=O) groups is 3. The average molecular weight is 494 g/mol. The molecule has 3 N–H and O–H groups in total. The third-order valence-electron chi connectivity index (χ3n) is 5.41. The second kappa shape index (κ2) is 12.8. The van der Waals surface area contributed by atoms with Gasteiger partial charge in [-0.3, -0.25) is 9.59 Å². The first-order valence-corrected chi connectivity index (χ1v) is 11.3. The normalized spacial score (nSPS) is 12.9. The highest BCUT2D eigenvalue weighted by Gasteiger charge is 2.31. The lowest BCUT2D eigenvalue weighted by Crippen LogP contribution is -2.51. The Morgan fingerprint density at radius 3 is 2.17 bits per heavy atom.